The highest BCUT2D eigenvalue weighted by Crippen LogP contribution is 2.20. The van der Waals surface area contributed by atoms with Gasteiger partial charge >= 0.3 is 5.69 Å². The molecule has 1 saturated heterocycles. The Labute approximate surface area is 134 Å². The van der Waals surface area contributed by atoms with Gasteiger partial charge in [-0.05, 0) is 6.42 Å². The first-order valence-electron chi connectivity index (χ1n) is 7.38. The van der Waals surface area contributed by atoms with E-state index in [1.807, 2.05) is 11.8 Å². The summed E-state index contributed by atoms with van der Waals surface area (Å²) in [4.78, 5) is 16.8. The van der Waals surface area contributed by atoms with Gasteiger partial charge in [0.05, 0.1) is 11.5 Å². The molecule has 1 aliphatic rings. The van der Waals surface area contributed by atoms with Gasteiger partial charge in [0.2, 0.25) is 0 Å². The predicted molar refractivity (Wildman–Crippen MR) is 88.4 cm³/mol. The van der Waals surface area contributed by atoms with E-state index in [4.69, 9.17) is 0 Å². The summed E-state index contributed by atoms with van der Waals surface area (Å²) in [7, 11) is 1.78. The molecular formula is C13H22N6O2S. The highest BCUT2D eigenvalue weighted by atomic mass is 32.2. The third kappa shape index (κ3) is 4.36. The number of nitrogens with zero attached hydrogens (tertiary/aromatic N) is 5. The van der Waals surface area contributed by atoms with Crippen LogP contribution in [-0.2, 0) is 6.54 Å². The molecule has 0 aromatic carbocycles. The van der Waals surface area contributed by atoms with Crippen LogP contribution in [-0.4, -0.2) is 63.2 Å². The molecule has 0 amide bonds. The third-order valence-electron chi connectivity index (χ3n) is 3.56. The zero-order valence-corrected chi connectivity index (χ0v) is 13.8. The Morgan fingerprint density at radius 3 is 3.14 bits per heavy atom. The number of guanidine groups is 1. The van der Waals surface area contributed by atoms with Gasteiger partial charge in [0, 0.05) is 37.7 Å². The molecule has 1 N–H and O–H groups in total. The molecule has 0 bridgehead atoms. The number of hydrogen-bond acceptors (Lipinski definition) is 5. The summed E-state index contributed by atoms with van der Waals surface area (Å²) >= 11 is 2.02. The molecular weight excluding hydrogens is 304 g/mol. The number of hydrogen-bond donors (Lipinski definition) is 1. The van der Waals surface area contributed by atoms with Crippen LogP contribution in [0.25, 0.3) is 0 Å². The van der Waals surface area contributed by atoms with E-state index in [1.54, 1.807) is 11.7 Å². The SMILES string of the molecule is CCC1CN(C(=NC)NCCn2cc([N+](=O)[O-])cn2)CCS1. The van der Waals surface area contributed by atoms with E-state index >= 15 is 0 Å². The van der Waals surface area contributed by atoms with Crippen molar-refractivity contribution in [3.63, 3.8) is 0 Å². The quantitative estimate of drug-likeness (QED) is 0.378. The van der Waals surface area contributed by atoms with Gasteiger partial charge in [0.25, 0.3) is 0 Å². The van der Waals surface area contributed by atoms with Crippen molar-refractivity contribution >= 4 is 23.4 Å². The smallest absolute Gasteiger partial charge is 0.306 e. The van der Waals surface area contributed by atoms with Crippen molar-refractivity contribution in [3.8, 4) is 0 Å². The number of aliphatic imine (C=N–C) groups is 1. The van der Waals surface area contributed by atoms with Crippen molar-refractivity contribution in [2.45, 2.75) is 25.1 Å². The Kier molecular flexibility index (Phi) is 6.05. The molecule has 8 nitrogen and oxygen atoms in total. The lowest BCUT2D eigenvalue weighted by Gasteiger charge is -2.34. The third-order valence-corrected chi connectivity index (χ3v) is 4.93. The van der Waals surface area contributed by atoms with Crippen molar-refractivity contribution in [2.24, 2.45) is 4.99 Å². The van der Waals surface area contributed by atoms with E-state index in [-0.39, 0.29) is 5.69 Å². The number of rotatable bonds is 5. The van der Waals surface area contributed by atoms with Crippen molar-refractivity contribution in [3.05, 3.63) is 22.5 Å². The summed E-state index contributed by atoms with van der Waals surface area (Å²) in [6, 6.07) is 0. The molecule has 22 heavy (non-hydrogen) atoms. The van der Waals surface area contributed by atoms with Crippen LogP contribution in [0.2, 0.25) is 0 Å². The topological polar surface area (TPSA) is 88.6 Å². The van der Waals surface area contributed by atoms with Gasteiger partial charge in [-0.15, -0.1) is 0 Å². The number of nitrogens with one attached hydrogen (secondary N) is 1. The summed E-state index contributed by atoms with van der Waals surface area (Å²) in [5, 5.41) is 18.6. The van der Waals surface area contributed by atoms with Gasteiger partial charge in [0.1, 0.15) is 12.4 Å². The first-order chi connectivity index (χ1) is 10.6. The van der Waals surface area contributed by atoms with Gasteiger partial charge in [-0.25, -0.2) is 0 Å². The summed E-state index contributed by atoms with van der Waals surface area (Å²) < 4.78 is 1.57. The summed E-state index contributed by atoms with van der Waals surface area (Å²) in [6.45, 7) is 5.41. The molecule has 1 unspecified atom stereocenters. The Bertz CT molecular complexity index is 532. The first kappa shape index (κ1) is 16.6. The second-order valence-electron chi connectivity index (χ2n) is 5.04. The molecule has 1 aromatic heterocycles. The maximum absolute atomic E-state index is 10.6. The minimum absolute atomic E-state index is 0.0169. The van der Waals surface area contributed by atoms with Crippen LogP contribution in [0, 0.1) is 10.1 Å². The van der Waals surface area contributed by atoms with Crippen LogP contribution in [0.4, 0.5) is 5.69 Å². The van der Waals surface area contributed by atoms with E-state index in [1.165, 1.54) is 12.4 Å². The number of nitro groups is 1. The second-order valence-corrected chi connectivity index (χ2v) is 6.45. The largest absolute Gasteiger partial charge is 0.354 e. The lowest BCUT2D eigenvalue weighted by atomic mass is 10.3. The average molecular weight is 326 g/mol. The Balaban J connectivity index is 1.82. The van der Waals surface area contributed by atoms with E-state index in [0.717, 1.165) is 31.2 Å². The van der Waals surface area contributed by atoms with Crippen LogP contribution < -0.4 is 5.32 Å². The Hall–Kier alpha value is -1.77. The van der Waals surface area contributed by atoms with Gasteiger partial charge in [-0.2, -0.15) is 16.9 Å². The van der Waals surface area contributed by atoms with Crippen LogP contribution in [0.1, 0.15) is 13.3 Å². The van der Waals surface area contributed by atoms with Crippen molar-refractivity contribution in [1.29, 1.82) is 0 Å². The molecule has 122 valence electrons. The fourth-order valence-corrected chi connectivity index (χ4v) is 3.52. The lowest BCUT2D eigenvalue weighted by Crippen LogP contribution is -2.48. The molecule has 0 aliphatic carbocycles. The maximum atomic E-state index is 10.6. The molecule has 0 spiro atoms. The van der Waals surface area contributed by atoms with Crippen molar-refractivity contribution < 1.29 is 4.92 Å². The van der Waals surface area contributed by atoms with E-state index in [2.05, 4.69) is 27.2 Å². The predicted octanol–water partition coefficient (Wildman–Crippen LogP) is 1.19. The molecule has 2 rings (SSSR count). The van der Waals surface area contributed by atoms with Crippen LogP contribution in [0.3, 0.4) is 0 Å². The van der Waals surface area contributed by atoms with Crippen LogP contribution in [0.5, 0.6) is 0 Å². The second kappa shape index (κ2) is 8.02. The van der Waals surface area contributed by atoms with Crippen molar-refractivity contribution in [2.75, 3.05) is 32.4 Å². The fraction of sp³-hybridized carbons (Fsp3) is 0.692. The summed E-state index contributed by atoms with van der Waals surface area (Å²) in [5.74, 6) is 2.00. The van der Waals surface area contributed by atoms with E-state index in [0.29, 0.717) is 18.3 Å². The molecule has 1 fully saturated rings. The lowest BCUT2D eigenvalue weighted by molar-refractivity contribution is -0.385. The highest BCUT2D eigenvalue weighted by molar-refractivity contribution is 8.00. The molecule has 0 radical (unpaired) electrons. The zero-order valence-electron chi connectivity index (χ0n) is 12.9. The van der Waals surface area contributed by atoms with Gasteiger partial charge in [-0.3, -0.25) is 19.8 Å². The summed E-state index contributed by atoms with van der Waals surface area (Å²) in [6.07, 6.45) is 3.87. The molecule has 1 atom stereocenters. The molecule has 1 aliphatic heterocycles. The summed E-state index contributed by atoms with van der Waals surface area (Å²) in [5.41, 5.74) is 0.0169. The minimum Gasteiger partial charge on any atom is -0.354 e. The van der Waals surface area contributed by atoms with Crippen LogP contribution in [0.15, 0.2) is 17.4 Å². The number of thioether (sulfide) groups is 1. The standard InChI is InChI=1S/C13H22N6O2S/c1-3-12-10-17(6-7-22-12)13(14-2)15-4-5-18-9-11(8-16-18)19(20)21/h8-9,12H,3-7,10H2,1-2H3,(H,14,15). The molecule has 9 heteroatoms. The Morgan fingerprint density at radius 2 is 2.50 bits per heavy atom. The van der Waals surface area contributed by atoms with Crippen LogP contribution >= 0.6 is 11.8 Å². The van der Waals surface area contributed by atoms with Crippen molar-refractivity contribution in [1.82, 2.24) is 20.0 Å². The normalized spacial score (nSPS) is 19.3. The average Bonchev–Trinajstić information content (AvgIpc) is 3.01. The minimum atomic E-state index is -0.438. The number of aromatic nitrogens is 2. The van der Waals surface area contributed by atoms with E-state index < -0.39 is 4.92 Å². The molecule has 2 heterocycles. The van der Waals surface area contributed by atoms with Gasteiger partial charge < -0.3 is 10.2 Å². The van der Waals surface area contributed by atoms with Gasteiger partial charge in [-0.1, -0.05) is 6.92 Å². The Morgan fingerprint density at radius 1 is 1.68 bits per heavy atom. The van der Waals surface area contributed by atoms with E-state index in [9.17, 15) is 10.1 Å². The van der Waals surface area contributed by atoms with Gasteiger partial charge in [0.15, 0.2) is 5.96 Å². The monoisotopic (exact) mass is 326 g/mol. The highest BCUT2D eigenvalue weighted by Gasteiger charge is 2.21. The molecule has 0 saturated carbocycles. The first-order valence-corrected chi connectivity index (χ1v) is 8.43. The fourth-order valence-electron chi connectivity index (χ4n) is 2.34. The zero-order chi connectivity index (χ0) is 15.9. The molecule has 1 aromatic rings. The maximum Gasteiger partial charge on any atom is 0.306 e.